The number of imidazole rings is 1. The summed E-state index contributed by atoms with van der Waals surface area (Å²) in [7, 11) is -0.994. The van der Waals surface area contributed by atoms with E-state index < -0.39 is 10.8 Å². The molecule has 0 saturated heterocycles. The summed E-state index contributed by atoms with van der Waals surface area (Å²) in [6.07, 6.45) is 5.32. The summed E-state index contributed by atoms with van der Waals surface area (Å²) in [5.41, 5.74) is 1.00. The fourth-order valence-corrected chi connectivity index (χ4v) is 2.44. The van der Waals surface area contributed by atoms with E-state index in [0.717, 1.165) is 16.3 Å². The normalized spacial score (nSPS) is 12.6. The van der Waals surface area contributed by atoms with E-state index >= 15 is 0 Å². The maximum absolute atomic E-state index is 11.3. The van der Waals surface area contributed by atoms with Crippen LogP contribution < -0.4 is 0 Å². The van der Waals surface area contributed by atoms with Crippen molar-refractivity contribution in [2.75, 3.05) is 6.26 Å². The molecule has 90 valence electrons. The van der Waals surface area contributed by atoms with Crippen LogP contribution in [0, 0.1) is 6.92 Å². The van der Waals surface area contributed by atoms with Gasteiger partial charge in [-0.25, -0.2) is 4.98 Å². The molecule has 1 aromatic heterocycles. The Kier molecular flexibility index (Phi) is 3.64. The lowest BCUT2D eigenvalue weighted by molar-refractivity contribution is 0.686. The van der Waals surface area contributed by atoms with Crippen LogP contribution in [0.4, 0.5) is 0 Å². The Morgan fingerprint density at radius 3 is 2.76 bits per heavy atom. The molecule has 1 atom stereocenters. The van der Waals surface area contributed by atoms with Crippen molar-refractivity contribution < 1.29 is 4.21 Å². The number of aryl methyl sites for hydroxylation is 1. The van der Waals surface area contributed by atoms with Crippen LogP contribution in [-0.2, 0) is 17.3 Å². The fourth-order valence-electron chi connectivity index (χ4n) is 1.59. The Bertz CT molecular complexity index is 565. The van der Waals surface area contributed by atoms with Crippen LogP contribution in [-0.4, -0.2) is 20.0 Å². The Morgan fingerprint density at radius 2 is 2.24 bits per heavy atom. The summed E-state index contributed by atoms with van der Waals surface area (Å²) in [5, 5.41) is 0.644. The molecule has 0 radical (unpaired) electrons. The van der Waals surface area contributed by atoms with Gasteiger partial charge in [0.25, 0.3) is 0 Å². The molecule has 0 amide bonds. The Hall–Kier alpha value is -1.13. The zero-order valence-electron chi connectivity index (χ0n) is 9.68. The van der Waals surface area contributed by atoms with E-state index in [1.165, 1.54) is 0 Å². The summed E-state index contributed by atoms with van der Waals surface area (Å²) in [6.45, 7) is 2.63. The molecule has 0 aliphatic rings. The van der Waals surface area contributed by atoms with Gasteiger partial charge in [0.05, 0.1) is 6.54 Å². The van der Waals surface area contributed by atoms with Crippen LogP contribution in [0.25, 0.3) is 0 Å². The summed E-state index contributed by atoms with van der Waals surface area (Å²) in [5.74, 6) is 0.948. The number of aromatic nitrogens is 2. The lowest BCUT2D eigenvalue weighted by Gasteiger charge is -2.08. The standard InChI is InChI=1S/C12H13ClN2OS/c1-9-14-5-6-15(9)8-10-3-4-11(17(2)16)7-12(10)13/h3-7H,8H2,1-2H3. The molecule has 1 heterocycles. The molecule has 5 heteroatoms. The topological polar surface area (TPSA) is 34.9 Å². The second kappa shape index (κ2) is 5.02. The van der Waals surface area contributed by atoms with E-state index in [4.69, 9.17) is 11.6 Å². The van der Waals surface area contributed by atoms with E-state index in [-0.39, 0.29) is 0 Å². The summed E-state index contributed by atoms with van der Waals surface area (Å²) < 4.78 is 13.3. The third-order valence-corrected chi connectivity index (χ3v) is 3.89. The number of benzene rings is 1. The zero-order chi connectivity index (χ0) is 12.4. The third kappa shape index (κ3) is 2.76. The van der Waals surface area contributed by atoms with Gasteiger partial charge in [-0.3, -0.25) is 4.21 Å². The van der Waals surface area contributed by atoms with Gasteiger partial charge < -0.3 is 4.57 Å². The lowest BCUT2D eigenvalue weighted by Crippen LogP contribution is -2.02. The van der Waals surface area contributed by atoms with E-state index in [0.29, 0.717) is 11.6 Å². The number of hydrogen-bond acceptors (Lipinski definition) is 2. The molecule has 0 aliphatic heterocycles. The molecule has 1 aromatic carbocycles. The van der Waals surface area contributed by atoms with Gasteiger partial charge in [-0.2, -0.15) is 0 Å². The first-order chi connectivity index (χ1) is 8.08. The van der Waals surface area contributed by atoms with Crippen molar-refractivity contribution in [2.24, 2.45) is 0 Å². The largest absolute Gasteiger partial charge is 0.331 e. The number of halogens is 1. The molecule has 0 saturated carbocycles. The van der Waals surface area contributed by atoms with Gasteiger partial charge in [0.2, 0.25) is 0 Å². The Labute approximate surface area is 108 Å². The average Bonchev–Trinajstić information content (AvgIpc) is 2.67. The monoisotopic (exact) mass is 268 g/mol. The number of nitrogens with zero attached hydrogens (tertiary/aromatic N) is 2. The highest BCUT2D eigenvalue weighted by Crippen LogP contribution is 2.20. The molecule has 0 spiro atoms. The minimum Gasteiger partial charge on any atom is -0.331 e. The second-order valence-electron chi connectivity index (χ2n) is 3.81. The van der Waals surface area contributed by atoms with Crippen LogP contribution >= 0.6 is 11.6 Å². The van der Waals surface area contributed by atoms with E-state index in [1.54, 1.807) is 18.5 Å². The minimum absolute atomic E-state index is 0.644. The maximum atomic E-state index is 11.3. The highest BCUT2D eigenvalue weighted by Gasteiger charge is 2.06. The molecule has 0 N–H and O–H groups in total. The van der Waals surface area contributed by atoms with Crippen molar-refractivity contribution in [1.29, 1.82) is 0 Å². The number of hydrogen-bond donors (Lipinski definition) is 0. The maximum Gasteiger partial charge on any atom is 0.105 e. The van der Waals surface area contributed by atoms with Gasteiger partial charge in [0.1, 0.15) is 5.82 Å². The van der Waals surface area contributed by atoms with Gasteiger partial charge in [0, 0.05) is 39.4 Å². The van der Waals surface area contributed by atoms with Crippen LogP contribution in [0.5, 0.6) is 0 Å². The Balaban J connectivity index is 2.29. The van der Waals surface area contributed by atoms with E-state index in [2.05, 4.69) is 4.98 Å². The first-order valence-electron chi connectivity index (χ1n) is 5.17. The predicted molar refractivity (Wildman–Crippen MR) is 69.9 cm³/mol. The van der Waals surface area contributed by atoms with Crippen LogP contribution in [0.2, 0.25) is 5.02 Å². The molecular weight excluding hydrogens is 256 g/mol. The molecule has 2 aromatic rings. The second-order valence-corrected chi connectivity index (χ2v) is 5.60. The van der Waals surface area contributed by atoms with E-state index in [9.17, 15) is 4.21 Å². The minimum atomic E-state index is -0.994. The molecule has 0 aliphatic carbocycles. The van der Waals surface area contributed by atoms with Crippen molar-refractivity contribution in [3.63, 3.8) is 0 Å². The van der Waals surface area contributed by atoms with Gasteiger partial charge in [0.15, 0.2) is 0 Å². The molecule has 0 bridgehead atoms. The van der Waals surface area contributed by atoms with Crippen LogP contribution in [0.15, 0.2) is 35.5 Å². The van der Waals surface area contributed by atoms with Crippen LogP contribution in [0.1, 0.15) is 11.4 Å². The van der Waals surface area contributed by atoms with Crippen molar-refractivity contribution in [3.8, 4) is 0 Å². The quantitative estimate of drug-likeness (QED) is 0.858. The summed E-state index contributed by atoms with van der Waals surface area (Å²) >= 11 is 6.17. The predicted octanol–water partition coefficient (Wildman–Crippen LogP) is 2.63. The molecule has 1 unspecified atom stereocenters. The van der Waals surface area contributed by atoms with Crippen molar-refractivity contribution >= 4 is 22.4 Å². The third-order valence-electron chi connectivity index (χ3n) is 2.62. The highest BCUT2D eigenvalue weighted by molar-refractivity contribution is 7.84. The number of rotatable bonds is 3. The Morgan fingerprint density at radius 1 is 1.47 bits per heavy atom. The SMILES string of the molecule is Cc1nccn1Cc1ccc(S(C)=O)cc1Cl. The van der Waals surface area contributed by atoms with Crippen molar-refractivity contribution in [1.82, 2.24) is 9.55 Å². The average molecular weight is 269 g/mol. The smallest absolute Gasteiger partial charge is 0.105 e. The summed E-state index contributed by atoms with van der Waals surface area (Å²) in [4.78, 5) is 4.91. The van der Waals surface area contributed by atoms with Crippen molar-refractivity contribution in [2.45, 2.75) is 18.4 Å². The zero-order valence-corrected chi connectivity index (χ0v) is 11.3. The van der Waals surface area contributed by atoms with Crippen molar-refractivity contribution in [3.05, 3.63) is 47.0 Å². The summed E-state index contributed by atoms with van der Waals surface area (Å²) in [6, 6.07) is 5.53. The van der Waals surface area contributed by atoms with Gasteiger partial charge in [-0.05, 0) is 24.6 Å². The van der Waals surface area contributed by atoms with E-state index in [1.807, 2.05) is 29.8 Å². The highest BCUT2D eigenvalue weighted by atomic mass is 35.5. The lowest BCUT2D eigenvalue weighted by atomic mass is 10.2. The molecule has 2 rings (SSSR count). The first kappa shape index (κ1) is 12.3. The molecule has 0 fully saturated rings. The molecule has 17 heavy (non-hydrogen) atoms. The first-order valence-corrected chi connectivity index (χ1v) is 7.11. The van der Waals surface area contributed by atoms with Gasteiger partial charge >= 0.3 is 0 Å². The molecule has 3 nitrogen and oxygen atoms in total. The van der Waals surface area contributed by atoms with Gasteiger partial charge in [-0.1, -0.05) is 17.7 Å². The van der Waals surface area contributed by atoms with Gasteiger partial charge in [-0.15, -0.1) is 0 Å². The molecular formula is C12H13ClN2OS. The van der Waals surface area contributed by atoms with Crippen LogP contribution in [0.3, 0.4) is 0 Å². The fraction of sp³-hybridized carbons (Fsp3) is 0.250.